The van der Waals surface area contributed by atoms with E-state index in [1.807, 2.05) is 19.2 Å². The van der Waals surface area contributed by atoms with Crippen molar-refractivity contribution in [3.8, 4) is 0 Å². The van der Waals surface area contributed by atoms with Crippen LogP contribution in [-0.2, 0) is 0 Å². The number of anilines is 1. The van der Waals surface area contributed by atoms with Gasteiger partial charge in [-0.25, -0.2) is 4.39 Å². The number of rotatable bonds is 3. The van der Waals surface area contributed by atoms with Crippen molar-refractivity contribution < 1.29 is 4.39 Å². The molecule has 0 spiro atoms. The summed E-state index contributed by atoms with van der Waals surface area (Å²) in [5.74, 6) is 1.53. The molecular formula is C16H23FN2. The molecule has 1 saturated carbocycles. The fourth-order valence-corrected chi connectivity index (χ4v) is 3.65. The Bertz CT molecular complexity index is 448. The highest BCUT2D eigenvalue weighted by Crippen LogP contribution is 2.40. The molecule has 2 fully saturated rings. The van der Waals surface area contributed by atoms with Crippen molar-refractivity contribution in [1.82, 2.24) is 5.32 Å². The second-order valence-corrected chi connectivity index (χ2v) is 6.08. The van der Waals surface area contributed by atoms with Gasteiger partial charge in [-0.2, -0.15) is 0 Å². The predicted molar refractivity (Wildman–Crippen MR) is 76.9 cm³/mol. The molecule has 1 saturated heterocycles. The number of fused-ring (bicyclic) bond motifs is 1. The van der Waals surface area contributed by atoms with Gasteiger partial charge in [0.2, 0.25) is 0 Å². The number of hydrogen-bond acceptors (Lipinski definition) is 2. The predicted octanol–water partition coefficient (Wildman–Crippen LogP) is 3.34. The minimum absolute atomic E-state index is 0.0698. The van der Waals surface area contributed by atoms with Gasteiger partial charge in [-0.05, 0) is 56.3 Å². The number of hydrogen-bond donors (Lipinski definition) is 1. The summed E-state index contributed by atoms with van der Waals surface area (Å²) in [7, 11) is 1.90. The molecule has 1 aromatic rings. The maximum atomic E-state index is 14.3. The number of nitrogens with one attached hydrogen (secondary N) is 1. The van der Waals surface area contributed by atoms with Crippen molar-refractivity contribution in [2.45, 2.75) is 32.2 Å². The molecule has 1 aliphatic heterocycles. The van der Waals surface area contributed by atoms with E-state index in [2.05, 4.69) is 17.1 Å². The van der Waals surface area contributed by atoms with E-state index in [1.54, 1.807) is 6.07 Å². The SMILES string of the molecule is CNC(C)c1ccc(N2CC3CCCC3C2)c(F)c1. The maximum absolute atomic E-state index is 14.3. The van der Waals surface area contributed by atoms with Gasteiger partial charge in [0.05, 0.1) is 5.69 Å². The second kappa shape index (κ2) is 5.12. The van der Waals surface area contributed by atoms with Crippen molar-refractivity contribution in [2.75, 3.05) is 25.0 Å². The number of halogens is 1. The topological polar surface area (TPSA) is 15.3 Å². The highest BCUT2D eigenvalue weighted by molar-refractivity contribution is 5.50. The van der Waals surface area contributed by atoms with Crippen molar-refractivity contribution in [3.63, 3.8) is 0 Å². The first-order chi connectivity index (χ1) is 9.19. The molecule has 0 radical (unpaired) electrons. The summed E-state index contributed by atoms with van der Waals surface area (Å²) in [5.41, 5.74) is 1.81. The van der Waals surface area contributed by atoms with Crippen molar-refractivity contribution in [2.24, 2.45) is 11.8 Å². The molecule has 0 bridgehead atoms. The van der Waals surface area contributed by atoms with Gasteiger partial charge in [-0.15, -0.1) is 0 Å². The quantitative estimate of drug-likeness (QED) is 0.898. The molecule has 2 nitrogen and oxygen atoms in total. The minimum atomic E-state index is -0.0698. The van der Waals surface area contributed by atoms with Crippen molar-refractivity contribution in [1.29, 1.82) is 0 Å². The van der Waals surface area contributed by atoms with Gasteiger partial charge >= 0.3 is 0 Å². The highest BCUT2D eigenvalue weighted by Gasteiger charge is 2.36. The fourth-order valence-electron chi connectivity index (χ4n) is 3.65. The lowest BCUT2D eigenvalue weighted by Gasteiger charge is -2.21. The van der Waals surface area contributed by atoms with Gasteiger partial charge in [0, 0.05) is 19.1 Å². The third-order valence-electron chi connectivity index (χ3n) is 4.97. The van der Waals surface area contributed by atoms with Crippen LogP contribution in [0.2, 0.25) is 0 Å². The molecule has 19 heavy (non-hydrogen) atoms. The van der Waals surface area contributed by atoms with Crippen LogP contribution >= 0.6 is 0 Å². The molecule has 1 N–H and O–H groups in total. The molecule has 3 heteroatoms. The Hall–Kier alpha value is -1.09. The lowest BCUT2D eigenvalue weighted by atomic mass is 10.0. The second-order valence-electron chi connectivity index (χ2n) is 6.08. The average molecular weight is 262 g/mol. The van der Waals surface area contributed by atoms with Crippen LogP contribution in [0.5, 0.6) is 0 Å². The number of benzene rings is 1. The zero-order valence-corrected chi connectivity index (χ0v) is 11.8. The maximum Gasteiger partial charge on any atom is 0.146 e. The summed E-state index contributed by atoms with van der Waals surface area (Å²) in [4.78, 5) is 2.25. The fraction of sp³-hybridized carbons (Fsp3) is 0.625. The van der Waals surface area contributed by atoms with Crippen LogP contribution < -0.4 is 10.2 Å². The summed E-state index contributed by atoms with van der Waals surface area (Å²) >= 11 is 0. The van der Waals surface area contributed by atoms with Gasteiger partial charge in [-0.3, -0.25) is 0 Å². The van der Waals surface area contributed by atoms with Crippen LogP contribution in [-0.4, -0.2) is 20.1 Å². The van der Waals surface area contributed by atoms with Crippen molar-refractivity contribution in [3.05, 3.63) is 29.6 Å². The Morgan fingerprint density at radius 3 is 2.53 bits per heavy atom. The molecular weight excluding hydrogens is 239 g/mol. The summed E-state index contributed by atoms with van der Waals surface area (Å²) in [6, 6.07) is 5.89. The number of nitrogens with zero attached hydrogens (tertiary/aromatic N) is 1. The van der Waals surface area contributed by atoms with E-state index < -0.39 is 0 Å². The Morgan fingerprint density at radius 1 is 1.26 bits per heavy atom. The first-order valence-electron chi connectivity index (χ1n) is 7.40. The van der Waals surface area contributed by atoms with E-state index in [4.69, 9.17) is 0 Å². The van der Waals surface area contributed by atoms with Gasteiger partial charge in [-0.1, -0.05) is 12.5 Å². The lowest BCUT2D eigenvalue weighted by Crippen LogP contribution is -2.22. The molecule has 0 aromatic heterocycles. The largest absolute Gasteiger partial charge is 0.369 e. The molecule has 3 unspecified atom stereocenters. The van der Waals surface area contributed by atoms with E-state index in [1.165, 1.54) is 19.3 Å². The van der Waals surface area contributed by atoms with Gasteiger partial charge in [0.25, 0.3) is 0 Å². The summed E-state index contributed by atoms with van der Waals surface area (Å²) in [6.45, 7) is 4.14. The third kappa shape index (κ3) is 2.36. The summed E-state index contributed by atoms with van der Waals surface area (Å²) in [5, 5.41) is 3.15. The first-order valence-corrected chi connectivity index (χ1v) is 7.40. The Morgan fingerprint density at radius 2 is 1.95 bits per heavy atom. The normalized spacial score (nSPS) is 27.6. The molecule has 3 rings (SSSR count). The molecule has 0 amide bonds. The van der Waals surface area contributed by atoms with E-state index in [0.29, 0.717) is 0 Å². The monoisotopic (exact) mass is 262 g/mol. The summed E-state index contributed by atoms with van der Waals surface area (Å²) in [6.07, 6.45) is 4.03. The van der Waals surface area contributed by atoms with Gasteiger partial charge < -0.3 is 10.2 Å². The zero-order chi connectivity index (χ0) is 13.4. The standard InChI is InChI=1S/C16H23FN2/c1-11(18-2)12-6-7-16(15(17)8-12)19-9-13-4-3-5-14(13)10-19/h6-8,11,13-14,18H,3-5,9-10H2,1-2H3. The first kappa shape index (κ1) is 12.9. The van der Waals surface area contributed by atoms with Crippen LogP contribution in [0.3, 0.4) is 0 Å². The summed E-state index contributed by atoms with van der Waals surface area (Å²) < 4.78 is 14.3. The van der Waals surface area contributed by atoms with E-state index in [0.717, 1.165) is 36.2 Å². The Kier molecular flexibility index (Phi) is 3.48. The average Bonchev–Trinajstić information content (AvgIpc) is 2.98. The molecule has 3 atom stereocenters. The van der Waals surface area contributed by atoms with E-state index in [-0.39, 0.29) is 11.9 Å². The Labute approximate surface area is 115 Å². The zero-order valence-electron chi connectivity index (χ0n) is 11.8. The molecule has 1 aromatic carbocycles. The van der Waals surface area contributed by atoms with Crippen LogP contribution in [0.1, 0.15) is 37.8 Å². The molecule has 104 valence electrons. The van der Waals surface area contributed by atoms with Crippen LogP contribution in [0, 0.1) is 17.7 Å². The molecule has 2 aliphatic rings. The van der Waals surface area contributed by atoms with Gasteiger partial charge in [0.15, 0.2) is 0 Å². The van der Waals surface area contributed by atoms with E-state index >= 15 is 0 Å². The third-order valence-corrected chi connectivity index (χ3v) is 4.97. The van der Waals surface area contributed by atoms with Crippen LogP contribution in [0.4, 0.5) is 10.1 Å². The molecule has 1 aliphatic carbocycles. The highest BCUT2D eigenvalue weighted by atomic mass is 19.1. The smallest absolute Gasteiger partial charge is 0.146 e. The van der Waals surface area contributed by atoms with Gasteiger partial charge in [0.1, 0.15) is 5.82 Å². The molecule has 1 heterocycles. The lowest BCUT2D eigenvalue weighted by molar-refractivity contribution is 0.494. The van der Waals surface area contributed by atoms with Crippen LogP contribution in [0.15, 0.2) is 18.2 Å². The van der Waals surface area contributed by atoms with Crippen LogP contribution in [0.25, 0.3) is 0 Å². The van der Waals surface area contributed by atoms with Crippen molar-refractivity contribution >= 4 is 5.69 Å². The minimum Gasteiger partial charge on any atom is -0.369 e. The van der Waals surface area contributed by atoms with E-state index in [9.17, 15) is 4.39 Å². The Balaban J connectivity index is 1.78.